The molecule has 0 aliphatic carbocycles. The fourth-order valence-corrected chi connectivity index (χ4v) is 3.15. The molecule has 0 radical (unpaired) electrons. The Kier molecular flexibility index (Phi) is 5.46. The van der Waals surface area contributed by atoms with E-state index in [-0.39, 0.29) is 5.78 Å². The Hall–Kier alpha value is -0.800. The van der Waals surface area contributed by atoms with Crippen molar-refractivity contribution in [2.24, 2.45) is 5.92 Å². The van der Waals surface area contributed by atoms with Crippen LogP contribution in [0.1, 0.15) is 43.0 Å². The predicted molar refractivity (Wildman–Crippen MR) is 82.0 cm³/mol. The monoisotopic (exact) mass is 277 g/mol. The number of hydrogen-bond donors (Lipinski definition) is 1. The second-order valence-corrected chi connectivity index (χ2v) is 6.19. The van der Waals surface area contributed by atoms with Crippen molar-refractivity contribution >= 4 is 17.5 Å². The minimum Gasteiger partial charge on any atom is -0.314 e. The van der Waals surface area contributed by atoms with Crippen LogP contribution in [0.4, 0.5) is 0 Å². The molecule has 2 atom stereocenters. The van der Waals surface area contributed by atoms with E-state index in [0.29, 0.717) is 12.5 Å². The van der Waals surface area contributed by atoms with Crippen molar-refractivity contribution in [3.8, 4) is 0 Å². The minimum absolute atomic E-state index is 0.266. The lowest BCUT2D eigenvalue weighted by atomic mass is 9.87. The summed E-state index contributed by atoms with van der Waals surface area (Å²) in [6.45, 7) is 3.30. The molecule has 1 heterocycles. The zero-order chi connectivity index (χ0) is 13.7. The smallest absolute Gasteiger partial charge is 0.164 e. The third-order valence-electron chi connectivity index (χ3n) is 4.02. The first-order valence-electron chi connectivity index (χ1n) is 7.13. The normalized spacial score (nSPS) is 23.3. The first-order valence-corrected chi connectivity index (χ1v) is 8.36. The maximum atomic E-state index is 12.3. The number of rotatable bonds is 5. The Morgan fingerprint density at radius 3 is 2.74 bits per heavy atom. The molecule has 1 aromatic rings. The van der Waals surface area contributed by atoms with E-state index < -0.39 is 0 Å². The van der Waals surface area contributed by atoms with E-state index >= 15 is 0 Å². The van der Waals surface area contributed by atoms with Crippen LogP contribution in [0.3, 0.4) is 0 Å². The van der Waals surface area contributed by atoms with Crippen molar-refractivity contribution in [3.05, 3.63) is 29.8 Å². The van der Waals surface area contributed by atoms with Crippen molar-refractivity contribution in [1.82, 2.24) is 5.32 Å². The largest absolute Gasteiger partial charge is 0.314 e. The van der Waals surface area contributed by atoms with Gasteiger partial charge in [0.05, 0.1) is 0 Å². The van der Waals surface area contributed by atoms with Gasteiger partial charge >= 0.3 is 0 Å². The molecule has 1 aliphatic heterocycles. The summed E-state index contributed by atoms with van der Waals surface area (Å²) in [5.41, 5.74) is 0.846. The molecule has 0 bridgehead atoms. The molecule has 1 saturated heterocycles. The first-order chi connectivity index (χ1) is 9.22. The van der Waals surface area contributed by atoms with Gasteiger partial charge in [-0.1, -0.05) is 25.5 Å². The number of carbonyl (C=O) groups is 1. The molecule has 104 valence electrons. The molecule has 0 spiro atoms. The number of carbonyl (C=O) groups excluding carboxylic acids is 1. The molecule has 3 heteroatoms. The van der Waals surface area contributed by atoms with Gasteiger partial charge in [-0.25, -0.2) is 0 Å². The quantitative estimate of drug-likeness (QED) is 0.656. The zero-order valence-electron chi connectivity index (χ0n) is 11.8. The Bertz CT molecular complexity index is 415. The summed E-state index contributed by atoms with van der Waals surface area (Å²) < 4.78 is 0. The molecule has 1 aromatic carbocycles. The fraction of sp³-hybridized carbons (Fsp3) is 0.562. The number of piperidine rings is 1. The third-order valence-corrected chi connectivity index (χ3v) is 4.77. The molecule has 2 nitrogen and oxygen atoms in total. The van der Waals surface area contributed by atoms with Crippen LogP contribution in [0.2, 0.25) is 0 Å². The summed E-state index contributed by atoms with van der Waals surface area (Å²) in [7, 11) is 0. The van der Waals surface area contributed by atoms with Crippen molar-refractivity contribution in [1.29, 1.82) is 0 Å². The van der Waals surface area contributed by atoms with E-state index in [2.05, 4.69) is 12.2 Å². The number of ketones is 1. The Morgan fingerprint density at radius 1 is 1.37 bits per heavy atom. The van der Waals surface area contributed by atoms with Gasteiger partial charge in [-0.3, -0.25) is 4.79 Å². The highest BCUT2D eigenvalue weighted by atomic mass is 32.2. The molecule has 2 unspecified atom stereocenters. The van der Waals surface area contributed by atoms with Crippen LogP contribution in [0.5, 0.6) is 0 Å². The number of benzene rings is 1. The Balaban J connectivity index is 1.92. The number of Topliss-reactive ketones (excluding diaryl/α,β-unsaturated/α-hetero) is 1. The Morgan fingerprint density at radius 2 is 2.11 bits per heavy atom. The standard InChI is InChI=1S/C16H23NOS/c1-3-12-8-9-17-14(10-12)11-16(18)13-4-6-15(19-2)7-5-13/h4-7,12,14,17H,3,8-11H2,1-2H3. The van der Waals surface area contributed by atoms with Crippen LogP contribution < -0.4 is 5.32 Å². The second kappa shape index (κ2) is 7.11. The molecular formula is C16H23NOS. The van der Waals surface area contributed by atoms with Crippen molar-refractivity contribution in [2.45, 2.75) is 43.5 Å². The summed E-state index contributed by atoms with van der Waals surface area (Å²) in [6.07, 6.45) is 6.31. The lowest BCUT2D eigenvalue weighted by Crippen LogP contribution is -2.39. The van der Waals surface area contributed by atoms with Crippen LogP contribution >= 0.6 is 11.8 Å². The minimum atomic E-state index is 0.266. The van der Waals surface area contributed by atoms with Gasteiger partial charge in [0.1, 0.15) is 0 Å². The van der Waals surface area contributed by atoms with Crippen molar-refractivity contribution in [3.63, 3.8) is 0 Å². The van der Waals surface area contributed by atoms with Crippen LogP contribution in [0.25, 0.3) is 0 Å². The summed E-state index contributed by atoms with van der Waals surface area (Å²) in [5, 5.41) is 3.48. The van der Waals surface area contributed by atoms with Crippen molar-refractivity contribution < 1.29 is 4.79 Å². The average Bonchev–Trinajstić information content (AvgIpc) is 2.47. The highest BCUT2D eigenvalue weighted by Crippen LogP contribution is 2.22. The van der Waals surface area contributed by atoms with Crippen LogP contribution in [-0.2, 0) is 0 Å². The summed E-state index contributed by atoms with van der Waals surface area (Å²) in [6, 6.07) is 8.33. The van der Waals surface area contributed by atoms with Gasteiger partial charge in [0, 0.05) is 22.9 Å². The van der Waals surface area contributed by atoms with Crippen LogP contribution in [-0.4, -0.2) is 24.6 Å². The van der Waals surface area contributed by atoms with E-state index in [4.69, 9.17) is 0 Å². The van der Waals surface area contributed by atoms with Crippen LogP contribution in [0.15, 0.2) is 29.2 Å². The molecule has 1 fully saturated rings. The maximum Gasteiger partial charge on any atom is 0.164 e. The summed E-state index contributed by atoms with van der Waals surface area (Å²) in [5.74, 6) is 1.06. The second-order valence-electron chi connectivity index (χ2n) is 5.31. The van der Waals surface area contributed by atoms with Gasteiger partial charge in [0.15, 0.2) is 5.78 Å². The predicted octanol–water partition coefficient (Wildman–Crippen LogP) is 3.76. The number of nitrogens with one attached hydrogen (secondary N) is 1. The SMILES string of the molecule is CCC1CCNC(CC(=O)c2ccc(SC)cc2)C1. The fourth-order valence-electron chi connectivity index (χ4n) is 2.74. The number of thioether (sulfide) groups is 1. The van der Waals surface area contributed by atoms with Gasteiger partial charge in [-0.2, -0.15) is 0 Å². The van der Waals surface area contributed by atoms with Gasteiger partial charge in [0.2, 0.25) is 0 Å². The topological polar surface area (TPSA) is 29.1 Å². The van der Waals surface area contributed by atoms with Crippen molar-refractivity contribution in [2.75, 3.05) is 12.8 Å². The lowest BCUT2D eigenvalue weighted by molar-refractivity contribution is 0.0957. The highest BCUT2D eigenvalue weighted by Gasteiger charge is 2.22. The van der Waals surface area contributed by atoms with E-state index in [9.17, 15) is 4.79 Å². The molecule has 1 N–H and O–H groups in total. The molecular weight excluding hydrogens is 254 g/mol. The van der Waals surface area contributed by atoms with Gasteiger partial charge in [0.25, 0.3) is 0 Å². The van der Waals surface area contributed by atoms with Gasteiger partial charge in [-0.15, -0.1) is 11.8 Å². The summed E-state index contributed by atoms with van der Waals surface area (Å²) >= 11 is 1.70. The third kappa shape index (κ3) is 4.08. The number of hydrogen-bond acceptors (Lipinski definition) is 3. The first kappa shape index (κ1) is 14.6. The van der Waals surface area contributed by atoms with Gasteiger partial charge < -0.3 is 5.32 Å². The van der Waals surface area contributed by atoms with Gasteiger partial charge in [-0.05, 0) is 43.7 Å². The van der Waals surface area contributed by atoms with E-state index in [0.717, 1.165) is 24.4 Å². The molecule has 0 aromatic heterocycles. The molecule has 2 rings (SSSR count). The van der Waals surface area contributed by atoms with E-state index in [1.807, 2.05) is 30.5 Å². The summed E-state index contributed by atoms with van der Waals surface area (Å²) in [4.78, 5) is 13.5. The molecule has 19 heavy (non-hydrogen) atoms. The van der Waals surface area contributed by atoms with E-state index in [1.165, 1.54) is 17.7 Å². The highest BCUT2D eigenvalue weighted by molar-refractivity contribution is 7.98. The van der Waals surface area contributed by atoms with Crippen LogP contribution in [0, 0.1) is 5.92 Å². The average molecular weight is 277 g/mol. The molecule has 1 aliphatic rings. The zero-order valence-corrected chi connectivity index (χ0v) is 12.6. The lowest BCUT2D eigenvalue weighted by Gasteiger charge is -2.29. The molecule has 0 amide bonds. The van der Waals surface area contributed by atoms with E-state index in [1.54, 1.807) is 11.8 Å². The maximum absolute atomic E-state index is 12.3. The molecule has 0 saturated carbocycles. The Labute approximate surface area is 120 Å².